The van der Waals surface area contributed by atoms with Crippen LogP contribution in [0, 0.1) is 0 Å². The molecule has 3 rings (SSSR count). The van der Waals surface area contributed by atoms with Gasteiger partial charge in [0.2, 0.25) is 0 Å². The lowest BCUT2D eigenvalue weighted by atomic mass is 10.2. The summed E-state index contributed by atoms with van der Waals surface area (Å²) >= 11 is 0. The third kappa shape index (κ3) is 2.29. The van der Waals surface area contributed by atoms with E-state index in [0.29, 0.717) is 17.4 Å². The van der Waals surface area contributed by atoms with Crippen molar-refractivity contribution < 1.29 is 0 Å². The van der Waals surface area contributed by atoms with Gasteiger partial charge in [0.15, 0.2) is 11.5 Å². The molecule has 0 saturated carbocycles. The van der Waals surface area contributed by atoms with Crippen LogP contribution in [0.1, 0.15) is 12.5 Å². The summed E-state index contributed by atoms with van der Waals surface area (Å²) < 4.78 is 2.08. The highest BCUT2D eigenvalue weighted by atomic mass is 35.5. The summed E-state index contributed by atoms with van der Waals surface area (Å²) in [5.41, 5.74) is 7.25. The quantitative estimate of drug-likeness (QED) is 0.805. The first-order chi connectivity index (χ1) is 7.36. The maximum atomic E-state index is 5.73. The summed E-state index contributed by atoms with van der Waals surface area (Å²) in [6.07, 6.45) is 4.39. The molecule has 0 aromatic carbocycles. The molecule has 0 aliphatic carbocycles. The minimum atomic E-state index is 0. The van der Waals surface area contributed by atoms with Gasteiger partial charge in [0.25, 0.3) is 0 Å². The van der Waals surface area contributed by atoms with Gasteiger partial charge in [0.1, 0.15) is 11.8 Å². The normalized spacial score (nSPS) is 18.7. The minimum absolute atomic E-state index is 0. The van der Waals surface area contributed by atoms with Gasteiger partial charge in [0, 0.05) is 6.54 Å². The smallest absolute Gasteiger partial charge is 0.165 e. The highest BCUT2D eigenvalue weighted by Crippen LogP contribution is 2.21. The summed E-state index contributed by atoms with van der Waals surface area (Å²) in [5, 5.41) is 3.32. The summed E-state index contributed by atoms with van der Waals surface area (Å²) in [6.45, 7) is 2.01. The maximum absolute atomic E-state index is 5.73. The van der Waals surface area contributed by atoms with E-state index in [0.717, 1.165) is 25.2 Å². The topological polar surface area (TPSA) is 81.7 Å². The van der Waals surface area contributed by atoms with Crippen molar-refractivity contribution in [3.05, 3.63) is 12.7 Å². The summed E-state index contributed by atoms with van der Waals surface area (Å²) in [4.78, 5) is 12.4. The fourth-order valence-electron chi connectivity index (χ4n) is 2.01. The second-order valence-corrected chi connectivity index (χ2v) is 3.73. The Bertz CT molecular complexity index is 493. The molecule has 1 aliphatic heterocycles. The highest BCUT2D eigenvalue weighted by Gasteiger charge is 2.19. The van der Waals surface area contributed by atoms with Crippen LogP contribution >= 0.6 is 24.8 Å². The molecule has 17 heavy (non-hydrogen) atoms. The molecule has 6 nitrogen and oxygen atoms in total. The molecule has 1 fully saturated rings. The lowest BCUT2D eigenvalue weighted by Gasteiger charge is -2.10. The second kappa shape index (κ2) is 5.48. The first kappa shape index (κ1) is 14.0. The lowest BCUT2D eigenvalue weighted by molar-refractivity contribution is 0.558. The number of imidazole rings is 1. The predicted octanol–water partition coefficient (Wildman–Crippen LogP) is 0.786. The molecule has 1 unspecified atom stereocenters. The number of nitrogens with one attached hydrogen (secondary N) is 1. The molecule has 1 saturated heterocycles. The van der Waals surface area contributed by atoms with Gasteiger partial charge in [-0.2, -0.15) is 0 Å². The van der Waals surface area contributed by atoms with Gasteiger partial charge in [0.05, 0.1) is 12.4 Å². The zero-order valence-electron chi connectivity index (χ0n) is 9.04. The Morgan fingerprint density at radius 2 is 2.12 bits per heavy atom. The Morgan fingerprint density at radius 3 is 2.82 bits per heavy atom. The number of fused-ring (bicyclic) bond motifs is 1. The monoisotopic (exact) mass is 276 g/mol. The first-order valence-electron chi connectivity index (χ1n) is 5.00. The van der Waals surface area contributed by atoms with E-state index in [-0.39, 0.29) is 24.8 Å². The Kier molecular flexibility index (Phi) is 4.50. The van der Waals surface area contributed by atoms with Gasteiger partial charge in [-0.05, 0) is 13.0 Å². The Labute approximate surface area is 111 Å². The van der Waals surface area contributed by atoms with Crippen LogP contribution in [0.3, 0.4) is 0 Å². The van der Waals surface area contributed by atoms with Crippen LogP contribution in [0.5, 0.6) is 0 Å². The van der Waals surface area contributed by atoms with Crippen molar-refractivity contribution in [3.8, 4) is 0 Å². The molecule has 2 aromatic rings. The van der Waals surface area contributed by atoms with Crippen LogP contribution in [-0.2, 0) is 0 Å². The molecule has 0 spiro atoms. The van der Waals surface area contributed by atoms with E-state index >= 15 is 0 Å². The number of rotatable bonds is 1. The lowest BCUT2D eigenvalue weighted by Crippen LogP contribution is -2.13. The van der Waals surface area contributed by atoms with Gasteiger partial charge in [-0.3, -0.25) is 0 Å². The third-order valence-corrected chi connectivity index (χ3v) is 2.81. The van der Waals surface area contributed by atoms with Crippen LogP contribution in [-0.4, -0.2) is 32.6 Å². The molecule has 3 heterocycles. The Hall–Kier alpha value is -1.11. The van der Waals surface area contributed by atoms with E-state index in [9.17, 15) is 0 Å². The van der Waals surface area contributed by atoms with E-state index in [1.165, 1.54) is 6.33 Å². The second-order valence-electron chi connectivity index (χ2n) is 3.73. The maximum Gasteiger partial charge on any atom is 0.165 e. The molecule has 0 bridgehead atoms. The van der Waals surface area contributed by atoms with E-state index in [4.69, 9.17) is 5.73 Å². The number of hydrogen-bond acceptors (Lipinski definition) is 5. The number of nitrogens with zero attached hydrogens (tertiary/aromatic N) is 4. The van der Waals surface area contributed by atoms with E-state index in [1.807, 2.05) is 0 Å². The summed E-state index contributed by atoms with van der Waals surface area (Å²) in [6, 6.07) is 0.435. The molecule has 2 aromatic heterocycles. The molecule has 1 atom stereocenters. The molecular formula is C9H14Cl2N6. The average Bonchev–Trinajstić information content (AvgIpc) is 2.85. The van der Waals surface area contributed by atoms with Gasteiger partial charge in [-0.15, -0.1) is 24.8 Å². The molecule has 0 radical (unpaired) electrons. The van der Waals surface area contributed by atoms with E-state index in [2.05, 4.69) is 24.8 Å². The number of nitrogens with two attached hydrogens (primary N) is 1. The van der Waals surface area contributed by atoms with E-state index in [1.54, 1.807) is 6.33 Å². The number of nitrogen functional groups attached to an aromatic ring is 1. The van der Waals surface area contributed by atoms with Crippen LogP contribution < -0.4 is 11.1 Å². The zero-order valence-corrected chi connectivity index (χ0v) is 10.7. The van der Waals surface area contributed by atoms with Crippen molar-refractivity contribution >= 4 is 41.8 Å². The number of halogens is 2. The zero-order chi connectivity index (χ0) is 10.3. The molecule has 1 aliphatic rings. The molecule has 94 valence electrons. The largest absolute Gasteiger partial charge is 0.382 e. The third-order valence-electron chi connectivity index (χ3n) is 2.81. The summed E-state index contributed by atoms with van der Waals surface area (Å²) in [5.74, 6) is 0.449. The van der Waals surface area contributed by atoms with Crippen LogP contribution in [0.25, 0.3) is 11.2 Å². The van der Waals surface area contributed by atoms with Crippen molar-refractivity contribution in [3.63, 3.8) is 0 Å². The van der Waals surface area contributed by atoms with Crippen LogP contribution in [0.2, 0.25) is 0 Å². The van der Waals surface area contributed by atoms with Gasteiger partial charge in [-0.1, -0.05) is 0 Å². The molecule has 0 amide bonds. The molecular weight excluding hydrogens is 263 g/mol. The minimum Gasteiger partial charge on any atom is -0.382 e. The van der Waals surface area contributed by atoms with Crippen LogP contribution in [0.15, 0.2) is 12.7 Å². The highest BCUT2D eigenvalue weighted by molar-refractivity contribution is 5.85. The Morgan fingerprint density at radius 1 is 1.29 bits per heavy atom. The molecule has 3 N–H and O–H groups in total. The van der Waals surface area contributed by atoms with Crippen LogP contribution in [0.4, 0.5) is 5.82 Å². The standard InChI is InChI=1S/C9H12N6.2ClH/c10-8-7-9(13-4-12-8)15(5-14-7)6-1-2-11-3-6;;/h4-6,11H,1-3H2,(H2,10,12,13);2*1H. The van der Waals surface area contributed by atoms with Crippen molar-refractivity contribution in [2.24, 2.45) is 0 Å². The van der Waals surface area contributed by atoms with Crippen molar-refractivity contribution in [1.29, 1.82) is 0 Å². The number of aromatic nitrogens is 4. The van der Waals surface area contributed by atoms with Gasteiger partial charge >= 0.3 is 0 Å². The fourth-order valence-corrected chi connectivity index (χ4v) is 2.01. The molecule has 8 heteroatoms. The number of hydrogen-bond donors (Lipinski definition) is 2. The van der Waals surface area contributed by atoms with Gasteiger partial charge < -0.3 is 15.6 Å². The predicted molar refractivity (Wildman–Crippen MR) is 70.8 cm³/mol. The van der Waals surface area contributed by atoms with Crippen molar-refractivity contribution in [2.45, 2.75) is 12.5 Å². The van der Waals surface area contributed by atoms with E-state index < -0.39 is 0 Å². The SMILES string of the molecule is Cl.Cl.Nc1ncnc2c1ncn2C1CCNC1. The average molecular weight is 277 g/mol. The first-order valence-corrected chi connectivity index (χ1v) is 5.00. The van der Waals surface area contributed by atoms with Gasteiger partial charge in [-0.25, -0.2) is 15.0 Å². The van der Waals surface area contributed by atoms with Crippen molar-refractivity contribution in [2.75, 3.05) is 18.8 Å². The Balaban J connectivity index is 0.000000722. The number of anilines is 1. The van der Waals surface area contributed by atoms with Crippen molar-refractivity contribution in [1.82, 2.24) is 24.8 Å². The fraction of sp³-hybridized carbons (Fsp3) is 0.444. The summed E-state index contributed by atoms with van der Waals surface area (Å²) in [7, 11) is 0.